The van der Waals surface area contributed by atoms with Gasteiger partial charge in [-0.2, -0.15) is 0 Å². The Morgan fingerprint density at radius 1 is 1.40 bits per heavy atom. The van der Waals surface area contributed by atoms with Crippen LogP contribution in [-0.4, -0.2) is 6.04 Å². The zero-order valence-electron chi connectivity index (χ0n) is 8.36. The molecule has 15 heavy (non-hydrogen) atoms. The Balaban J connectivity index is 2.53. The molecule has 82 valence electrons. The zero-order chi connectivity index (χ0) is 11.2. The quantitative estimate of drug-likeness (QED) is 0.778. The first kappa shape index (κ1) is 10.8. The summed E-state index contributed by atoms with van der Waals surface area (Å²) in [6.07, 6.45) is 1.59. The van der Waals surface area contributed by atoms with Gasteiger partial charge in [0.25, 0.3) is 0 Å². The van der Waals surface area contributed by atoms with Crippen molar-refractivity contribution < 1.29 is 8.78 Å². The van der Waals surface area contributed by atoms with Gasteiger partial charge in [0, 0.05) is 11.5 Å². The van der Waals surface area contributed by atoms with E-state index in [-0.39, 0.29) is 11.1 Å². The van der Waals surface area contributed by atoms with Crippen LogP contribution in [0.1, 0.15) is 25.3 Å². The largest absolute Gasteiger partial charge is 0.327 e. The highest BCUT2D eigenvalue weighted by Gasteiger charge is 2.49. The van der Waals surface area contributed by atoms with Crippen molar-refractivity contribution in [2.75, 3.05) is 0 Å². The lowest BCUT2D eigenvalue weighted by Crippen LogP contribution is -2.32. The molecule has 1 aromatic carbocycles. The van der Waals surface area contributed by atoms with Crippen LogP contribution in [0.4, 0.5) is 8.78 Å². The predicted octanol–water partition coefficient (Wildman–Crippen LogP) is 3.00. The molecule has 0 spiro atoms. The van der Waals surface area contributed by atoms with E-state index in [1.165, 1.54) is 6.07 Å². The van der Waals surface area contributed by atoms with E-state index in [0.29, 0.717) is 5.56 Å². The molecule has 0 aliphatic heterocycles. The second-order valence-corrected chi connectivity index (χ2v) is 4.60. The molecule has 2 N–H and O–H groups in total. The molecule has 0 bridgehead atoms. The smallest absolute Gasteiger partial charge is 0.145 e. The highest BCUT2D eigenvalue weighted by atomic mass is 35.5. The van der Waals surface area contributed by atoms with Crippen molar-refractivity contribution in [1.82, 2.24) is 0 Å². The standard InChI is InChI=1S/C11H12ClF2N/c1-6(15)11(2-3-11)8-4-7(13)5-9(12)10(8)14/h4-6H,2-3,15H2,1H3. The maximum Gasteiger partial charge on any atom is 0.145 e. The second-order valence-electron chi connectivity index (χ2n) is 4.19. The summed E-state index contributed by atoms with van der Waals surface area (Å²) in [5.74, 6) is -1.05. The van der Waals surface area contributed by atoms with Crippen LogP contribution >= 0.6 is 11.6 Å². The summed E-state index contributed by atoms with van der Waals surface area (Å²) in [5, 5.41) is -0.170. The van der Waals surface area contributed by atoms with Crippen molar-refractivity contribution in [2.24, 2.45) is 5.73 Å². The number of hydrogen-bond acceptors (Lipinski definition) is 1. The average Bonchev–Trinajstić information content (AvgIpc) is 2.91. The van der Waals surface area contributed by atoms with E-state index < -0.39 is 17.0 Å². The highest BCUT2D eigenvalue weighted by Crippen LogP contribution is 2.51. The minimum absolute atomic E-state index is 0.170. The van der Waals surface area contributed by atoms with E-state index in [1.807, 2.05) is 6.92 Å². The fraction of sp³-hybridized carbons (Fsp3) is 0.455. The fourth-order valence-corrected chi connectivity index (χ4v) is 2.23. The van der Waals surface area contributed by atoms with Gasteiger partial charge in [-0.25, -0.2) is 8.78 Å². The number of rotatable bonds is 2. The third-order valence-electron chi connectivity index (χ3n) is 3.19. The van der Waals surface area contributed by atoms with Crippen LogP contribution in [0.3, 0.4) is 0 Å². The molecule has 0 saturated heterocycles. The summed E-state index contributed by atoms with van der Waals surface area (Å²) in [6, 6.07) is 2.00. The first-order chi connectivity index (χ1) is 6.97. The molecule has 0 heterocycles. The Morgan fingerprint density at radius 2 is 2.00 bits per heavy atom. The normalized spacial score (nSPS) is 20.1. The molecule has 1 aliphatic rings. The van der Waals surface area contributed by atoms with E-state index in [0.717, 1.165) is 18.9 Å². The Labute approximate surface area is 92.2 Å². The van der Waals surface area contributed by atoms with Crippen LogP contribution in [0.15, 0.2) is 12.1 Å². The first-order valence-electron chi connectivity index (χ1n) is 4.88. The van der Waals surface area contributed by atoms with Crippen LogP contribution in [-0.2, 0) is 5.41 Å². The zero-order valence-corrected chi connectivity index (χ0v) is 9.11. The number of hydrogen-bond donors (Lipinski definition) is 1. The van der Waals surface area contributed by atoms with Crippen LogP contribution < -0.4 is 5.73 Å². The van der Waals surface area contributed by atoms with Crippen LogP contribution in [0.5, 0.6) is 0 Å². The van der Waals surface area contributed by atoms with Crippen molar-refractivity contribution in [3.8, 4) is 0 Å². The van der Waals surface area contributed by atoms with Gasteiger partial charge in [0.2, 0.25) is 0 Å². The summed E-state index contributed by atoms with van der Waals surface area (Å²) in [7, 11) is 0. The fourth-order valence-electron chi connectivity index (χ4n) is 2.02. The van der Waals surface area contributed by atoms with Crippen molar-refractivity contribution in [3.63, 3.8) is 0 Å². The lowest BCUT2D eigenvalue weighted by Gasteiger charge is -2.21. The van der Waals surface area contributed by atoms with Crippen LogP contribution in [0, 0.1) is 11.6 Å². The minimum Gasteiger partial charge on any atom is -0.327 e. The number of benzene rings is 1. The van der Waals surface area contributed by atoms with Gasteiger partial charge in [0.15, 0.2) is 0 Å². The second kappa shape index (κ2) is 3.42. The van der Waals surface area contributed by atoms with E-state index >= 15 is 0 Å². The van der Waals surface area contributed by atoms with Gasteiger partial charge >= 0.3 is 0 Å². The molecule has 1 aliphatic carbocycles. The lowest BCUT2D eigenvalue weighted by atomic mass is 9.89. The molecular formula is C11H12ClF2N. The molecule has 1 fully saturated rings. The van der Waals surface area contributed by atoms with Crippen molar-refractivity contribution >= 4 is 11.6 Å². The summed E-state index contributed by atoms with van der Waals surface area (Å²) in [5.41, 5.74) is 5.72. The van der Waals surface area contributed by atoms with Gasteiger partial charge in [0.1, 0.15) is 11.6 Å². The Hall–Kier alpha value is -0.670. The van der Waals surface area contributed by atoms with E-state index in [2.05, 4.69) is 0 Å². The molecule has 1 saturated carbocycles. The molecule has 1 unspecified atom stereocenters. The minimum atomic E-state index is -0.534. The number of nitrogens with two attached hydrogens (primary N) is 1. The average molecular weight is 232 g/mol. The Kier molecular flexibility index (Phi) is 2.47. The Morgan fingerprint density at radius 3 is 2.47 bits per heavy atom. The maximum absolute atomic E-state index is 13.7. The molecule has 0 radical (unpaired) electrons. The molecule has 0 aromatic heterocycles. The highest BCUT2D eigenvalue weighted by molar-refractivity contribution is 6.30. The summed E-state index contributed by atoms with van der Waals surface area (Å²) < 4.78 is 26.9. The lowest BCUT2D eigenvalue weighted by molar-refractivity contribution is 0.504. The molecule has 1 aromatic rings. The van der Waals surface area contributed by atoms with Gasteiger partial charge in [-0.1, -0.05) is 11.6 Å². The monoisotopic (exact) mass is 231 g/mol. The van der Waals surface area contributed by atoms with Crippen LogP contribution in [0.25, 0.3) is 0 Å². The molecule has 0 amide bonds. The third-order valence-corrected chi connectivity index (χ3v) is 3.46. The molecular weight excluding hydrogens is 220 g/mol. The van der Waals surface area contributed by atoms with Gasteiger partial charge in [-0.3, -0.25) is 0 Å². The van der Waals surface area contributed by atoms with Crippen molar-refractivity contribution in [1.29, 1.82) is 0 Å². The van der Waals surface area contributed by atoms with E-state index in [1.54, 1.807) is 0 Å². The molecule has 4 heteroatoms. The van der Waals surface area contributed by atoms with Gasteiger partial charge in [-0.15, -0.1) is 0 Å². The summed E-state index contributed by atoms with van der Waals surface area (Å²) in [6.45, 7) is 1.81. The van der Waals surface area contributed by atoms with E-state index in [4.69, 9.17) is 17.3 Å². The van der Waals surface area contributed by atoms with Crippen molar-refractivity contribution in [3.05, 3.63) is 34.4 Å². The maximum atomic E-state index is 13.7. The summed E-state index contributed by atoms with van der Waals surface area (Å²) >= 11 is 5.60. The van der Waals surface area contributed by atoms with Crippen LogP contribution in [0.2, 0.25) is 5.02 Å². The van der Waals surface area contributed by atoms with E-state index in [9.17, 15) is 8.78 Å². The van der Waals surface area contributed by atoms with Crippen molar-refractivity contribution in [2.45, 2.75) is 31.2 Å². The SMILES string of the molecule is CC(N)C1(c2cc(F)cc(Cl)c2F)CC1. The molecule has 2 rings (SSSR count). The van der Waals surface area contributed by atoms with Gasteiger partial charge in [0.05, 0.1) is 5.02 Å². The molecule has 1 atom stereocenters. The summed E-state index contributed by atoms with van der Waals surface area (Å²) in [4.78, 5) is 0. The Bertz CT molecular complexity index is 400. The topological polar surface area (TPSA) is 26.0 Å². The predicted molar refractivity (Wildman–Crippen MR) is 55.9 cm³/mol. The van der Waals surface area contributed by atoms with Gasteiger partial charge in [-0.05, 0) is 37.5 Å². The molecule has 1 nitrogen and oxygen atoms in total. The third kappa shape index (κ3) is 1.64. The van der Waals surface area contributed by atoms with Gasteiger partial charge < -0.3 is 5.73 Å². The first-order valence-corrected chi connectivity index (χ1v) is 5.26. The number of halogens is 3.